The van der Waals surface area contributed by atoms with E-state index >= 15 is 0 Å². The molecule has 0 heterocycles. The molecule has 1 atom stereocenters. The second-order valence-electron chi connectivity index (χ2n) is 8.56. The number of hydrogen-bond donors (Lipinski definition) is 0. The Morgan fingerprint density at radius 3 is 2.29 bits per heavy atom. The standard InChI is InChI=1S/C24H38F2O2/c1-4-5-8-15-24(16-9-6-10-17-24)18-11-7-12-21(27-3)28-20-14-13-19(2)22(25)23(20)26/h13-14,21H,4-12,15-18H2,1-3H3. The van der Waals surface area contributed by atoms with Crippen LogP contribution in [0.15, 0.2) is 12.1 Å². The summed E-state index contributed by atoms with van der Waals surface area (Å²) >= 11 is 0. The smallest absolute Gasteiger partial charge is 0.201 e. The molecular weight excluding hydrogens is 358 g/mol. The summed E-state index contributed by atoms with van der Waals surface area (Å²) in [6.07, 6.45) is 15.7. The van der Waals surface area contributed by atoms with E-state index in [4.69, 9.17) is 9.47 Å². The van der Waals surface area contributed by atoms with Crippen LogP contribution in [0.4, 0.5) is 8.78 Å². The zero-order valence-corrected chi connectivity index (χ0v) is 18.0. The highest BCUT2D eigenvalue weighted by molar-refractivity contribution is 5.30. The van der Waals surface area contributed by atoms with Crippen molar-refractivity contribution in [2.45, 2.75) is 104 Å². The van der Waals surface area contributed by atoms with Crippen LogP contribution in [-0.4, -0.2) is 13.4 Å². The third-order valence-corrected chi connectivity index (χ3v) is 6.38. The zero-order chi connectivity index (χ0) is 20.4. The average Bonchev–Trinajstić information content (AvgIpc) is 2.71. The normalized spacial score (nSPS) is 17.5. The van der Waals surface area contributed by atoms with Crippen LogP contribution in [0.25, 0.3) is 0 Å². The van der Waals surface area contributed by atoms with Gasteiger partial charge in [0.1, 0.15) is 0 Å². The first-order valence-electron chi connectivity index (χ1n) is 11.2. The van der Waals surface area contributed by atoms with Crippen molar-refractivity contribution < 1.29 is 18.3 Å². The summed E-state index contributed by atoms with van der Waals surface area (Å²) < 4.78 is 38.7. The summed E-state index contributed by atoms with van der Waals surface area (Å²) in [5.41, 5.74) is 0.808. The van der Waals surface area contributed by atoms with E-state index in [0.29, 0.717) is 11.8 Å². The lowest BCUT2D eigenvalue weighted by Crippen LogP contribution is -2.25. The summed E-state index contributed by atoms with van der Waals surface area (Å²) in [7, 11) is 1.56. The molecular formula is C24H38F2O2. The van der Waals surface area contributed by atoms with Gasteiger partial charge in [-0.15, -0.1) is 0 Å². The van der Waals surface area contributed by atoms with Gasteiger partial charge in [-0.25, -0.2) is 4.39 Å². The van der Waals surface area contributed by atoms with E-state index in [9.17, 15) is 8.78 Å². The van der Waals surface area contributed by atoms with Gasteiger partial charge in [0, 0.05) is 13.5 Å². The molecule has 2 rings (SSSR count). The fraction of sp³-hybridized carbons (Fsp3) is 0.750. The van der Waals surface area contributed by atoms with E-state index in [1.54, 1.807) is 7.11 Å². The quantitative estimate of drug-likeness (QED) is 0.266. The van der Waals surface area contributed by atoms with Crippen molar-refractivity contribution in [2.24, 2.45) is 5.41 Å². The third kappa shape index (κ3) is 6.72. The van der Waals surface area contributed by atoms with E-state index in [2.05, 4.69) is 6.92 Å². The van der Waals surface area contributed by atoms with E-state index in [1.165, 1.54) is 83.3 Å². The van der Waals surface area contributed by atoms with Crippen molar-refractivity contribution in [3.05, 3.63) is 29.3 Å². The molecule has 160 valence electrons. The van der Waals surface area contributed by atoms with Crippen molar-refractivity contribution >= 4 is 0 Å². The first-order valence-corrected chi connectivity index (χ1v) is 11.2. The van der Waals surface area contributed by atoms with Gasteiger partial charge in [0.2, 0.25) is 5.82 Å². The predicted octanol–water partition coefficient (Wildman–Crippen LogP) is 7.72. The van der Waals surface area contributed by atoms with Crippen LogP contribution in [0.1, 0.15) is 96.0 Å². The Morgan fingerprint density at radius 1 is 0.964 bits per heavy atom. The molecule has 1 aliphatic rings. The number of aryl methyl sites for hydroxylation is 1. The Balaban J connectivity index is 1.81. The molecule has 0 N–H and O–H groups in total. The molecule has 0 saturated heterocycles. The molecule has 0 bridgehead atoms. The molecule has 2 nitrogen and oxygen atoms in total. The largest absolute Gasteiger partial charge is 0.462 e. The molecule has 0 spiro atoms. The van der Waals surface area contributed by atoms with Crippen LogP contribution in [0.5, 0.6) is 5.75 Å². The van der Waals surface area contributed by atoms with Crippen molar-refractivity contribution in [3.63, 3.8) is 0 Å². The Kier molecular flexibility index (Phi) is 9.70. The number of unbranched alkanes of at least 4 members (excludes halogenated alkanes) is 3. The van der Waals surface area contributed by atoms with E-state index in [-0.39, 0.29) is 11.3 Å². The molecule has 0 aromatic heterocycles. The van der Waals surface area contributed by atoms with Gasteiger partial charge in [-0.3, -0.25) is 0 Å². The monoisotopic (exact) mass is 396 g/mol. The molecule has 4 heteroatoms. The lowest BCUT2D eigenvalue weighted by Gasteiger charge is -2.38. The molecule has 1 saturated carbocycles. The minimum absolute atomic E-state index is 0.0710. The highest BCUT2D eigenvalue weighted by Gasteiger charge is 2.30. The molecule has 0 amide bonds. The number of benzene rings is 1. The molecule has 1 fully saturated rings. The Hall–Kier alpha value is -1.16. The maximum Gasteiger partial charge on any atom is 0.201 e. The SMILES string of the molecule is CCCCCC1(CCCCC(OC)Oc2ccc(C)c(F)c2F)CCCCC1. The maximum atomic E-state index is 14.0. The molecule has 28 heavy (non-hydrogen) atoms. The van der Waals surface area contributed by atoms with Crippen LogP contribution in [0.3, 0.4) is 0 Å². The van der Waals surface area contributed by atoms with E-state index < -0.39 is 17.9 Å². The van der Waals surface area contributed by atoms with Gasteiger partial charge in [0.15, 0.2) is 17.9 Å². The zero-order valence-electron chi connectivity index (χ0n) is 18.0. The second kappa shape index (κ2) is 11.7. The van der Waals surface area contributed by atoms with Crippen LogP contribution in [0, 0.1) is 24.0 Å². The van der Waals surface area contributed by atoms with Gasteiger partial charge in [0.05, 0.1) is 0 Å². The van der Waals surface area contributed by atoms with Crippen molar-refractivity contribution in [3.8, 4) is 5.75 Å². The summed E-state index contributed by atoms with van der Waals surface area (Å²) in [5.74, 6) is -1.85. The minimum atomic E-state index is -0.931. The van der Waals surface area contributed by atoms with Crippen molar-refractivity contribution in [1.82, 2.24) is 0 Å². The fourth-order valence-electron chi connectivity index (χ4n) is 4.57. The third-order valence-electron chi connectivity index (χ3n) is 6.38. The van der Waals surface area contributed by atoms with Crippen LogP contribution >= 0.6 is 0 Å². The summed E-state index contributed by atoms with van der Waals surface area (Å²) in [4.78, 5) is 0. The van der Waals surface area contributed by atoms with Gasteiger partial charge in [-0.1, -0.05) is 57.9 Å². The summed E-state index contributed by atoms with van der Waals surface area (Å²) in [5, 5.41) is 0. The lowest BCUT2D eigenvalue weighted by molar-refractivity contribution is -0.0621. The van der Waals surface area contributed by atoms with Crippen molar-refractivity contribution in [1.29, 1.82) is 0 Å². The van der Waals surface area contributed by atoms with Gasteiger partial charge in [-0.2, -0.15) is 4.39 Å². The molecule has 0 aliphatic heterocycles. The highest BCUT2D eigenvalue weighted by atomic mass is 19.2. The number of methoxy groups -OCH3 is 1. The Labute approximate surface area is 170 Å². The second-order valence-corrected chi connectivity index (χ2v) is 8.56. The van der Waals surface area contributed by atoms with Crippen molar-refractivity contribution in [2.75, 3.05) is 7.11 Å². The van der Waals surface area contributed by atoms with Gasteiger partial charge in [0.25, 0.3) is 0 Å². The van der Waals surface area contributed by atoms with Gasteiger partial charge < -0.3 is 9.47 Å². The summed E-state index contributed by atoms with van der Waals surface area (Å²) in [6, 6.07) is 3.01. The van der Waals surface area contributed by atoms with Crippen LogP contribution in [-0.2, 0) is 4.74 Å². The highest BCUT2D eigenvalue weighted by Crippen LogP contribution is 2.44. The van der Waals surface area contributed by atoms with E-state index in [1.807, 2.05) is 0 Å². The van der Waals surface area contributed by atoms with Gasteiger partial charge >= 0.3 is 0 Å². The molecule has 1 aromatic rings. The number of ether oxygens (including phenoxy) is 2. The predicted molar refractivity (Wildman–Crippen MR) is 111 cm³/mol. The Bertz CT molecular complexity index is 582. The lowest BCUT2D eigenvalue weighted by atomic mass is 9.68. The molecule has 1 aromatic carbocycles. The van der Waals surface area contributed by atoms with Crippen LogP contribution in [0.2, 0.25) is 0 Å². The maximum absolute atomic E-state index is 14.0. The molecule has 1 aliphatic carbocycles. The first kappa shape index (κ1) is 23.1. The summed E-state index contributed by atoms with van der Waals surface area (Å²) in [6.45, 7) is 3.80. The Morgan fingerprint density at radius 2 is 1.64 bits per heavy atom. The first-order chi connectivity index (χ1) is 13.5. The minimum Gasteiger partial charge on any atom is -0.462 e. The van der Waals surface area contributed by atoms with E-state index in [0.717, 1.165) is 12.8 Å². The fourth-order valence-corrected chi connectivity index (χ4v) is 4.57. The average molecular weight is 397 g/mol. The number of rotatable bonds is 12. The molecule has 1 unspecified atom stereocenters. The van der Waals surface area contributed by atoms with Crippen LogP contribution < -0.4 is 4.74 Å². The molecule has 0 radical (unpaired) electrons. The van der Waals surface area contributed by atoms with Gasteiger partial charge in [-0.05, 0) is 56.1 Å². The topological polar surface area (TPSA) is 18.5 Å². The number of hydrogen-bond acceptors (Lipinski definition) is 2. The number of halogens is 2.